The SMILES string of the molecule is CCCc1c(OC)ccc2cc(C(=O)Nc3ccc(CNCCOC)cc3)c(=O)oc12. The fourth-order valence-corrected chi connectivity index (χ4v) is 3.37. The fraction of sp³-hybridized carbons (Fsp3) is 0.333. The maximum absolute atomic E-state index is 12.7. The van der Waals surface area contributed by atoms with E-state index in [-0.39, 0.29) is 5.56 Å². The molecule has 0 atom stereocenters. The van der Waals surface area contributed by atoms with Crippen LogP contribution in [0, 0.1) is 0 Å². The number of ether oxygens (including phenoxy) is 2. The van der Waals surface area contributed by atoms with Crippen molar-refractivity contribution in [3.05, 3.63) is 69.6 Å². The third-order valence-electron chi connectivity index (χ3n) is 4.95. The van der Waals surface area contributed by atoms with Gasteiger partial charge in [-0.05, 0) is 42.3 Å². The summed E-state index contributed by atoms with van der Waals surface area (Å²) >= 11 is 0. The number of methoxy groups -OCH3 is 2. The molecule has 0 aliphatic heterocycles. The van der Waals surface area contributed by atoms with Crippen LogP contribution in [0.2, 0.25) is 0 Å². The van der Waals surface area contributed by atoms with Crippen LogP contribution in [0.4, 0.5) is 5.69 Å². The summed E-state index contributed by atoms with van der Waals surface area (Å²) in [6, 6.07) is 12.6. The first-order chi connectivity index (χ1) is 15.1. The Bertz CT molecular complexity index is 1090. The highest BCUT2D eigenvalue weighted by Crippen LogP contribution is 2.29. The van der Waals surface area contributed by atoms with Crippen LogP contribution in [0.5, 0.6) is 5.75 Å². The molecule has 0 aliphatic carbocycles. The molecule has 3 rings (SSSR count). The predicted molar refractivity (Wildman–Crippen MR) is 121 cm³/mol. The minimum absolute atomic E-state index is 0.0366. The van der Waals surface area contributed by atoms with Gasteiger partial charge in [0, 0.05) is 36.8 Å². The van der Waals surface area contributed by atoms with E-state index in [9.17, 15) is 9.59 Å². The van der Waals surface area contributed by atoms with E-state index in [0.29, 0.717) is 42.0 Å². The van der Waals surface area contributed by atoms with Gasteiger partial charge in [0.2, 0.25) is 0 Å². The number of hydrogen-bond acceptors (Lipinski definition) is 6. The summed E-state index contributed by atoms with van der Waals surface area (Å²) in [5.41, 5.74) is 2.28. The Morgan fingerprint density at radius 1 is 1.10 bits per heavy atom. The summed E-state index contributed by atoms with van der Waals surface area (Å²) in [5.74, 6) is 0.168. The molecule has 7 nitrogen and oxygen atoms in total. The van der Waals surface area contributed by atoms with Gasteiger partial charge in [0.15, 0.2) is 0 Å². The highest BCUT2D eigenvalue weighted by molar-refractivity contribution is 6.05. The zero-order chi connectivity index (χ0) is 22.2. The van der Waals surface area contributed by atoms with E-state index in [1.807, 2.05) is 25.1 Å². The van der Waals surface area contributed by atoms with Crippen molar-refractivity contribution in [2.75, 3.05) is 32.7 Å². The second-order valence-electron chi connectivity index (χ2n) is 7.18. The standard InChI is InChI=1S/C24H28N2O5/c1-4-5-19-21(30-3)11-8-17-14-20(24(28)31-22(17)19)23(27)26-18-9-6-16(7-10-18)15-25-12-13-29-2/h6-11,14,25H,4-5,12-13,15H2,1-3H3,(H,26,27). The number of anilines is 1. The molecule has 1 heterocycles. The quantitative estimate of drug-likeness (QED) is 0.381. The summed E-state index contributed by atoms with van der Waals surface area (Å²) in [6.07, 6.45) is 1.58. The van der Waals surface area contributed by atoms with Crippen LogP contribution in [-0.4, -0.2) is 33.3 Å². The molecule has 7 heteroatoms. The average Bonchev–Trinajstić information content (AvgIpc) is 2.78. The molecule has 1 aromatic heterocycles. The molecule has 31 heavy (non-hydrogen) atoms. The summed E-state index contributed by atoms with van der Waals surface area (Å²) in [7, 11) is 3.25. The van der Waals surface area contributed by atoms with E-state index in [4.69, 9.17) is 13.9 Å². The van der Waals surface area contributed by atoms with Gasteiger partial charge < -0.3 is 24.5 Å². The molecule has 0 bridgehead atoms. The smallest absolute Gasteiger partial charge is 0.349 e. The molecule has 2 aromatic carbocycles. The van der Waals surface area contributed by atoms with Crippen LogP contribution in [0.15, 0.2) is 51.7 Å². The third kappa shape index (κ3) is 5.51. The number of carbonyl (C=O) groups excluding carboxylic acids is 1. The van der Waals surface area contributed by atoms with Crippen molar-refractivity contribution < 1.29 is 18.7 Å². The number of benzene rings is 2. The van der Waals surface area contributed by atoms with E-state index < -0.39 is 11.5 Å². The molecule has 2 N–H and O–H groups in total. The van der Waals surface area contributed by atoms with Crippen LogP contribution in [-0.2, 0) is 17.7 Å². The van der Waals surface area contributed by atoms with Crippen molar-refractivity contribution in [3.63, 3.8) is 0 Å². The topological polar surface area (TPSA) is 89.8 Å². The van der Waals surface area contributed by atoms with E-state index >= 15 is 0 Å². The van der Waals surface area contributed by atoms with Crippen LogP contribution in [0.1, 0.15) is 34.8 Å². The lowest BCUT2D eigenvalue weighted by atomic mass is 10.0. The van der Waals surface area contributed by atoms with Crippen molar-refractivity contribution in [3.8, 4) is 5.75 Å². The Kier molecular flexibility index (Phi) is 7.81. The molecular weight excluding hydrogens is 396 g/mol. The zero-order valence-corrected chi connectivity index (χ0v) is 18.1. The molecule has 1 amide bonds. The van der Waals surface area contributed by atoms with Gasteiger partial charge in [-0.3, -0.25) is 4.79 Å². The van der Waals surface area contributed by atoms with E-state index in [1.165, 1.54) is 0 Å². The van der Waals surface area contributed by atoms with Crippen molar-refractivity contribution >= 4 is 22.6 Å². The molecule has 0 unspecified atom stereocenters. The second-order valence-corrected chi connectivity index (χ2v) is 7.18. The molecule has 0 aliphatic rings. The lowest BCUT2D eigenvalue weighted by Gasteiger charge is -2.11. The summed E-state index contributed by atoms with van der Waals surface area (Å²) in [5, 5.41) is 6.71. The lowest BCUT2D eigenvalue weighted by molar-refractivity contribution is 0.102. The number of carbonyl (C=O) groups is 1. The summed E-state index contributed by atoms with van der Waals surface area (Å²) in [4.78, 5) is 25.3. The van der Waals surface area contributed by atoms with Gasteiger partial charge in [-0.2, -0.15) is 0 Å². The van der Waals surface area contributed by atoms with Gasteiger partial charge in [-0.15, -0.1) is 0 Å². The monoisotopic (exact) mass is 424 g/mol. The molecular formula is C24H28N2O5. The Hall–Kier alpha value is -3.16. The Morgan fingerprint density at radius 2 is 1.87 bits per heavy atom. The van der Waals surface area contributed by atoms with Crippen LogP contribution in [0.3, 0.4) is 0 Å². The molecule has 0 saturated carbocycles. The predicted octanol–water partition coefficient (Wildman–Crippen LogP) is 3.74. The number of fused-ring (bicyclic) bond motifs is 1. The van der Waals surface area contributed by atoms with Gasteiger partial charge in [-0.1, -0.05) is 25.5 Å². The molecule has 0 saturated heterocycles. The Morgan fingerprint density at radius 3 is 2.55 bits per heavy atom. The summed E-state index contributed by atoms with van der Waals surface area (Å²) < 4.78 is 15.9. The fourth-order valence-electron chi connectivity index (χ4n) is 3.37. The number of hydrogen-bond donors (Lipinski definition) is 2. The second kappa shape index (κ2) is 10.7. The first-order valence-electron chi connectivity index (χ1n) is 10.3. The van der Waals surface area contributed by atoms with Crippen LogP contribution >= 0.6 is 0 Å². The number of aryl methyl sites for hydroxylation is 1. The average molecular weight is 424 g/mol. The zero-order valence-electron chi connectivity index (χ0n) is 18.1. The van der Waals surface area contributed by atoms with Gasteiger partial charge in [0.05, 0.1) is 13.7 Å². The number of rotatable bonds is 10. The van der Waals surface area contributed by atoms with Gasteiger partial charge in [0.25, 0.3) is 5.91 Å². The van der Waals surface area contributed by atoms with Crippen molar-refractivity contribution in [1.82, 2.24) is 5.32 Å². The van der Waals surface area contributed by atoms with Gasteiger partial charge in [0.1, 0.15) is 16.9 Å². The minimum Gasteiger partial charge on any atom is -0.496 e. The maximum atomic E-state index is 12.7. The minimum atomic E-state index is -0.672. The Labute approximate surface area is 181 Å². The normalized spacial score (nSPS) is 10.9. The Balaban J connectivity index is 1.78. The van der Waals surface area contributed by atoms with Crippen LogP contribution < -0.4 is 21.0 Å². The molecule has 0 radical (unpaired) electrons. The van der Waals surface area contributed by atoms with Gasteiger partial charge in [-0.25, -0.2) is 4.79 Å². The highest BCUT2D eigenvalue weighted by atomic mass is 16.5. The largest absolute Gasteiger partial charge is 0.496 e. The van der Waals surface area contributed by atoms with Crippen molar-refractivity contribution in [2.24, 2.45) is 0 Å². The molecule has 0 fully saturated rings. The van der Waals surface area contributed by atoms with Crippen molar-refractivity contribution in [1.29, 1.82) is 0 Å². The molecule has 164 valence electrons. The van der Waals surface area contributed by atoms with Crippen LogP contribution in [0.25, 0.3) is 11.0 Å². The molecule has 3 aromatic rings. The van der Waals surface area contributed by atoms with E-state index in [1.54, 1.807) is 38.5 Å². The maximum Gasteiger partial charge on any atom is 0.349 e. The first kappa shape index (κ1) is 22.5. The molecule has 0 spiro atoms. The van der Waals surface area contributed by atoms with Gasteiger partial charge >= 0.3 is 5.63 Å². The number of nitrogens with one attached hydrogen (secondary N) is 2. The van der Waals surface area contributed by atoms with E-state index in [0.717, 1.165) is 24.1 Å². The summed E-state index contributed by atoms with van der Waals surface area (Å²) in [6.45, 7) is 4.16. The number of amides is 1. The van der Waals surface area contributed by atoms with E-state index in [2.05, 4.69) is 10.6 Å². The van der Waals surface area contributed by atoms with Crippen molar-refractivity contribution in [2.45, 2.75) is 26.3 Å². The highest BCUT2D eigenvalue weighted by Gasteiger charge is 2.17. The third-order valence-corrected chi connectivity index (χ3v) is 4.95. The lowest BCUT2D eigenvalue weighted by Crippen LogP contribution is -2.21. The first-order valence-corrected chi connectivity index (χ1v) is 10.3.